The molecular formula is C30H45N4O11P. The van der Waals surface area contributed by atoms with E-state index in [1.807, 2.05) is 35.8 Å². The predicted molar refractivity (Wildman–Crippen MR) is 169 cm³/mol. The lowest BCUT2D eigenvalue weighted by molar-refractivity contribution is -0.0349. The number of fused-ring (bicyclic) bond motifs is 3. The molecule has 0 saturated heterocycles. The number of aromatic nitrogens is 3. The largest absolute Gasteiger partial charge is 0.510 e. The molecule has 256 valence electrons. The number of imidazole rings is 1. The van der Waals surface area contributed by atoms with E-state index in [1.165, 1.54) is 0 Å². The molecule has 0 fully saturated rings. The van der Waals surface area contributed by atoms with E-state index in [4.69, 9.17) is 48.2 Å². The summed E-state index contributed by atoms with van der Waals surface area (Å²) in [5.41, 5.74) is 8.40. The van der Waals surface area contributed by atoms with Crippen LogP contribution in [0.2, 0.25) is 0 Å². The smallest absolute Gasteiger partial charge is 0.432 e. The van der Waals surface area contributed by atoms with E-state index in [2.05, 4.69) is 11.9 Å². The van der Waals surface area contributed by atoms with Crippen LogP contribution in [0, 0.1) is 0 Å². The number of nitrogen functional groups attached to an aromatic ring is 1. The zero-order valence-electron chi connectivity index (χ0n) is 27.3. The number of rotatable bonds is 19. The van der Waals surface area contributed by atoms with Gasteiger partial charge in [0.15, 0.2) is 5.82 Å². The topological polar surface area (TPSA) is 182 Å². The van der Waals surface area contributed by atoms with Gasteiger partial charge >= 0.3 is 19.9 Å². The van der Waals surface area contributed by atoms with Crippen molar-refractivity contribution in [1.29, 1.82) is 0 Å². The van der Waals surface area contributed by atoms with E-state index in [9.17, 15) is 14.2 Å². The van der Waals surface area contributed by atoms with E-state index < -0.39 is 52.0 Å². The molecule has 0 spiro atoms. The van der Waals surface area contributed by atoms with Crippen LogP contribution in [-0.2, 0) is 48.6 Å². The standard InChI is InChI=1S/C30H45N4O11P/c1-7-9-12-22(34-25(16-38-8-2)33-26-27(34)23-13-10-11-14-24(23)32-28(26)31)15-39-19-46(37,42-17-40-29(35)44-20(3)4)43-18-41-30(36)45-21(5)6/h10-11,13-14,20-22H,7-9,12,15-19H2,1-6H3,(H2,31,32). The SMILES string of the molecule is CCCCC(COCP(=O)(OCOC(=O)OC(C)C)OCOC(=O)OC(C)C)n1c(COCC)nc2c(N)nc3ccccc3c21. The number of ether oxygens (including phenoxy) is 6. The highest BCUT2D eigenvalue weighted by molar-refractivity contribution is 7.53. The minimum atomic E-state index is -4.15. The van der Waals surface area contributed by atoms with Crippen molar-refractivity contribution in [2.24, 2.45) is 0 Å². The number of benzene rings is 1. The molecule has 3 rings (SSSR count). The number of para-hydroxylation sites is 1. The first-order valence-corrected chi connectivity index (χ1v) is 17.0. The summed E-state index contributed by atoms with van der Waals surface area (Å²) in [5, 5.41) is 0.858. The van der Waals surface area contributed by atoms with Crippen LogP contribution >= 0.6 is 7.60 Å². The third kappa shape index (κ3) is 10.8. The number of unbranched alkanes of at least 4 members (excludes halogenated alkanes) is 1. The summed E-state index contributed by atoms with van der Waals surface area (Å²) >= 11 is 0. The molecule has 0 aliphatic carbocycles. The van der Waals surface area contributed by atoms with Crippen LogP contribution in [0.15, 0.2) is 24.3 Å². The molecule has 2 heterocycles. The zero-order chi connectivity index (χ0) is 33.7. The van der Waals surface area contributed by atoms with Crippen molar-refractivity contribution in [3.05, 3.63) is 30.1 Å². The van der Waals surface area contributed by atoms with Crippen molar-refractivity contribution in [2.75, 3.05) is 38.9 Å². The fraction of sp³-hybridized carbons (Fsp3) is 0.600. The number of anilines is 1. The number of nitrogens with zero attached hydrogens (tertiary/aromatic N) is 3. The summed E-state index contributed by atoms with van der Waals surface area (Å²) in [5.74, 6) is 0.926. The molecule has 16 heteroatoms. The van der Waals surface area contributed by atoms with Crippen LogP contribution < -0.4 is 5.73 Å². The highest BCUT2D eigenvalue weighted by Gasteiger charge is 2.30. The summed E-state index contributed by atoms with van der Waals surface area (Å²) in [4.78, 5) is 33.0. The lowest BCUT2D eigenvalue weighted by Crippen LogP contribution is -2.20. The normalized spacial score (nSPS) is 12.6. The molecule has 1 unspecified atom stereocenters. The Morgan fingerprint density at radius 3 is 2.15 bits per heavy atom. The van der Waals surface area contributed by atoms with E-state index in [-0.39, 0.29) is 19.3 Å². The van der Waals surface area contributed by atoms with Gasteiger partial charge in [0.2, 0.25) is 13.6 Å². The maximum atomic E-state index is 13.6. The van der Waals surface area contributed by atoms with Gasteiger partial charge in [0.05, 0.1) is 35.9 Å². The molecule has 0 aliphatic heterocycles. The van der Waals surface area contributed by atoms with Crippen LogP contribution in [-0.4, -0.2) is 72.2 Å². The number of nitrogens with two attached hydrogens (primary N) is 1. The van der Waals surface area contributed by atoms with Gasteiger partial charge in [-0.1, -0.05) is 38.0 Å². The summed E-state index contributed by atoms with van der Waals surface area (Å²) in [6.07, 6.45) is -1.03. The maximum absolute atomic E-state index is 13.6. The Bertz CT molecular complexity index is 1450. The first-order valence-electron chi connectivity index (χ1n) is 15.2. The van der Waals surface area contributed by atoms with Gasteiger partial charge in [-0.25, -0.2) is 19.6 Å². The van der Waals surface area contributed by atoms with Crippen molar-refractivity contribution >= 4 is 47.7 Å². The Morgan fingerprint density at radius 2 is 1.57 bits per heavy atom. The van der Waals surface area contributed by atoms with Gasteiger partial charge in [0, 0.05) is 12.0 Å². The molecule has 0 radical (unpaired) electrons. The fourth-order valence-corrected chi connectivity index (χ4v) is 5.44. The van der Waals surface area contributed by atoms with Gasteiger partial charge in [-0.15, -0.1) is 0 Å². The second-order valence-electron chi connectivity index (χ2n) is 10.8. The molecule has 0 aliphatic rings. The Morgan fingerprint density at radius 1 is 0.935 bits per heavy atom. The first kappa shape index (κ1) is 37.0. The van der Waals surface area contributed by atoms with Gasteiger partial charge in [-0.3, -0.25) is 13.6 Å². The number of hydrogen-bond acceptors (Lipinski definition) is 14. The quantitative estimate of drug-likeness (QED) is 0.0811. The van der Waals surface area contributed by atoms with Crippen molar-refractivity contribution in [2.45, 2.75) is 85.7 Å². The number of pyridine rings is 1. The van der Waals surface area contributed by atoms with Gasteiger partial charge in [-0.05, 0) is 47.1 Å². The minimum Gasteiger partial charge on any atom is -0.432 e. The van der Waals surface area contributed by atoms with Crippen molar-refractivity contribution in [3.8, 4) is 0 Å². The Hall–Kier alpha value is -3.49. The van der Waals surface area contributed by atoms with Gasteiger partial charge < -0.3 is 38.7 Å². The van der Waals surface area contributed by atoms with E-state index in [0.717, 1.165) is 23.7 Å². The van der Waals surface area contributed by atoms with Crippen molar-refractivity contribution in [3.63, 3.8) is 0 Å². The molecule has 1 atom stereocenters. The second-order valence-corrected chi connectivity index (χ2v) is 12.8. The van der Waals surface area contributed by atoms with E-state index in [1.54, 1.807) is 27.7 Å². The first-order chi connectivity index (χ1) is 22.0. The summed E-state index contributed by atoms with van der Waals surface area (Å²) in [6, 6.07) is 7.34. The van der Waals surface area contributed by atoms with Crippen LogP contribution in [0.4, 0.5) is 15.4 Å². The highest BCUT2D eigenvalue weighted by atomic mass is 31.2. The summed E-state index contributed by atoms with van der Waals surface area (Å²) in [7, 11) is -4.15. The van der Waals surface area contributed by atoms with Crippen LogP contribution in [0.3, 0.4) is 0 Å². The average Bonchev–Trinajstić information content (AvgIpc) is 3.37. The van der Waals surface area contributed by atoms with Gasteiger partial charge in [0.25, 0.3) is 0 Å². The third-order valence-corrected chi connectivity index (χ3v) is 7.89. The van der Waals surface area contributed by atoms with Crippen molar-refractivity contribution < 1.29 is 51.6 Å². The van der Waals surface area contributed by atoms with Crippen LogP contribution in [0.1, 0.15) is 72.7 Å². The predicted octanol–water partition coefficient (Wildman–Crippen LogP) is 6.67. The molecule has 2 N–H and O–H groups in total. The molecule has 0 bridgehead atoms. The van der Waals surface area contributed by atoms with Gasteiger partial charge in [0.1, 0.15) is 24.3 Å². The lowest BCUT2D eigenvalue weighted by Gasteiger charge is -2.24. The van der Waals surface area contributed by atoms with Crippen molar-refractivity contribution in [1.82, 2.24) is 14.5 Å². The molecule has 46 heavy (non-hydrogen) atoms. The third-order valence-electron chi connectivity index (χ3n) is 6.39. The van der Waals surface area contributed by atoms with Crippen LogP contribution in [0.25, 0.3) is 21.9 Å². The maximum Gasteiger partial charge on any atom is 0.510 e. The zero-order valence-corrected chi connectivity index (χ0v) is 28.2. The molecular weight excluding hydrogens is 623 g/mol. The summed E-state index contributed by atoms with van der Waals surface area (Å²) in [6.45, 7) is 9.78. The fourth-order valence-electron chi connectivity index (χ4n) is 4.46. The van der Waals surface area contributed by atoms with Crippen LogP contribution in [0.5, 0.6) is 0 Å². The minimum absolute atomic E-state index is 0.0599. The second kappa shape index (κ2) is 18.0. The molecule has 2 aromatic heterocycles. The van der Waals surface area contributed by atoms with E-state index in [0.29, 0.717) is 35.7 Å². The Balaban J connectivity index is 1.87. The Labute approximate surface area is 268 Å². The average molecular weight is 669 g/mol. The molecule has 1 aromatic carbocycles. The molecule has 15 nitrogen and oxygen atoms in total. The molecule has 3 aromatic rings. The van der Waals surface area contributed by atoms with E-state index >= 15 is 0 Å². The molecule has 0 amide bonds. The Kier molecular flexibility index (Phi) is 14.5. The number of carbonyl (C=O) groups is 2. The monoisotopic (exact) mass is 668 g/mol. The molecule has 0 saturated carbocycles. The number of carbonyl (C=O) groups excluding carboxylic acids is 2. The number of hydrogen-bond donors (Lipinski definition) is 1. The highest BCUT2D eigenvalue weighted by Crippen LogP contribution is 2.48. The summed E-state index contributed by atoms with van der Waals surface area (Å²) < 4.78 is 57.6. The van der Waals surface area contributed by atoms with Gasteiger partial charge in [-0.2, -0.15) is 0 Å². The lowest BCUT2D eigenvalue weighted by atomic mass is 10.1.